The van der Waals surface area contributed by atoms with Gasteiger partial charge in [-0.15, -0.1) is 0 Å². The number of carbonyl (C=O) groups is 2. The van der Waals surface area contributed by atoms with Crippen molar-refractivity contribution >= 4 is 17.6 Å². The van der Waals surface area contributed by atoms with Crippen molar-refractivity contribution in [2.45, 2.75) is 38.1 Å². The Balaban J connectivity index is 2.37. The molecule has 0 aliphatic heterocycles. The summed E-state index contributed by atoms with van der Waals surface area (Å²) in [7, 11) is 1.56. The fraction of sp³-hybridized carbons (Fsp3) is 0.529. The molecule has 0 unspecified atom stereocenters. The molecule has 0 fully saturated rings. The maximum atomic E-state index is 12.0. The van der Waals surface area contributed by atoms with Gasteiger partial charge in [0.25, 0.3) is 0 Å². The first-order chi connectivity index (χ1) is 11.6. The molecule has 0 aliphatic carbocycles. The van der Waals surface area contributed by atoms with Crippen LogP contribution in [-0.2, 0) is 9.59 Å². The third-order valence-electron chi connectivity index (χ3n) is 3.58. The largest absolute Gasteiger partial charge is 0.497 e. The first-order valence-electron chi connectivity index (χ1n) is 8.17. The van der Waals surface area contributed by atoms with Gasteiger partial charge in [-0.25, -0.2) is 0 Å². The molecule has 5 N–H and O–H groups in total. The topological polar surface area (TPSA) is 114 Å². The van der Waals surface area contributed by atoms with E-state index in [1.54, 1.807) is 31.4 Å². The van der Waals surface area contributed by atoms with Crippen LogP contribution in [-0.4, -0.2) is 43.2 Å². The number of carbonyl (C=O) groups excluding carboxylic acids is 1. The van der Waals surface area contributed by atoms with E-state index < -0.39 is 12.0 Å². The average Bonchev–Trinajstić information content (AvgIpc) is 2.57. The van der Waals surface area contributed by atoms with Gasteiger partial charge in [0.15, 0.2) is 0 Å². The molecule has 0 saturated heterocycles. The maximum Gasteiger partial charge on any atom is 0.321 e. The van der Waals surface area contributed by atoms with Gasteiger partial charge < -0.3 is 26.2 Å². The molecule has 0 radical (unpaired) electrons. The third kappa shape index (κ3) is 7.94. The summed E-state index contributed by atoms with van der Waals surface area (Å²) in [5.41, 5.74) is 6.02. The number of aliphatic carboxylic acids is 1. The van der Waals surface area contributed by atoms with Crippen molar-refractivity contribution in [2.75, 3.05) is 25.5 Å². The Morgan fingerprint density at radius 2 is 1.83 bits per heavy atom. The highest BCUT2D eigenvalue weighted by Gasteiger charge is 2.20. The molecule has 7 nitrogen and oxygen atoms in total. The van der Waals surface area contributed by atoms with E-state index in [2.05, 4.69) is 10.6 Å². The van der Waals surface area contributed by atoms with Crippen LogP contribution < -0.4 is 21.1 Å². The van der Waals surface area contributed by atoms with Crippen LogP contribution in [0.1, 0.15) is 32.1 Å². The zero-order valence-electron chi connectivity index (χ0n) is 14.1. The molecular weight excluding hydrogens is 310 g/mol. The minimum absolute atomic E-state index is 0.121. The highest BCUT2D eigenvalue weighted by Crippen LogP contribution is 2.15. The number of ether oxygens (including phenoxy) is 1. The number of amides is 1. The predicted molar refractivity (Wildman–Crippen MR) is 93.2 cm³/mol. The fourth-order valence-electron chi connectivity index (χ4n) is 2.22. The zero-order chi connectivity index (χ0) is 17.8. The lowest BCUT2D eigenvalue weighted by molar-refractivity contribution is -0.141. The molecule has 24 heavy (non-hydrogen) atoms. The van der Waals surface area contributed by atoms with Crippen LogP contribution in [0.5, 0.6) is 5.75 Å². The summed E-state index contributed by atoms with van der Waals surface area (Å²) in [5.74, 6) is -0.683. The molecule has 0 aromatic heterocycles. The number of unbranched alkanes of at least 4 members (excludes halogenated alkanes) is 3. The molecule has 1 rings (SSSR count). The van der Waals surface area contributed by atoms with Crippen LogP contribution in [0.25, 0.3) is 0 Å². The molecule has 1 aromatic rings. The molecule has 7 heteroatoms. The number of anilines is 1. The number of carboxylic acids is 1. The lowest BCUT2D eigenvalue weighted by Crippen LogP contribution is -2.40. The number of nitrogens with two attached hydrogens (primary N) is 1. The van der Waals surface area contributed by atoms with Gasteiger partial charge in [-0.3, -0.25) is 9.59 Å². The summed E-state index contributed by atoms with van der Waals surface area (Å²) >= 11 is 0. The van der Waals surface area contributed by atoms with Gasteiger partial charge in [-0.05, 0) is 50.2 Å². The van der Waals surface area contributed by atoms with Crippen molar-refractivity contribution in [1.29, 1.82) is 0 Å². The van der Waals surface area contributed by atoms with Gasteiger partial charge in [-0.1, -0.05) is 12.8 Å². The minimum atomic E-state index is -1.03. The lowest BCUT2D eigenvalue weighted by Gasteiger charge is -2.14. The van der Waals surface area contributed by atoms with Crippen molar-refractivity contribution < 1.29 is 19.4 Å². The van der Waals surface area contributed by atoms with E-state index in [4.69, 9.17) is 10.5 Å². The monoisotopic (exact) mass is 337 g/mol. The molecule has 0 heterocycles. The molecule has 1 atom stereocenters. The van der Waals surface area contributed by atoms with Crippen molar-refractivity contribution in [2.24, 2.45) is 5.73 Å². The van der Waals surface area contributed by atoms with E-state index in [1.165, 1.54) is 0 Å². The summed E-state index contributed by atoms with van der Waals surface area (Å²) in [6.07, 6.45) is 3.75. The number of benzene rings is 1. The number of hydrogen-bond acceptors (Lipinski definition) is 5. The Labute approximate surface area is 142 Å². The Morgan fingerprint density at radius 3 is 2.42 bits per heavy atom. The zero-order valence-corrected chi connectivity index (χ0v) is 14.1. The second-order valence-electron chi connectivity index (χ2n) is 5.53. The summed E-state index contributed by atoms with van der Waals surface area (Å²) < 4.78 is 5.04. The number of rotatable bonds is 12. The Kier molecular flexibility index (Phi) is 9.48. The fourth-order valence-corrected chi connectivity index (χ4v) is 2.22. The minimum Gasteiger partial charge on any atom is -0.497 e. The van der Waals surface area contributed by atoms with Crippen LogP contribution in [0.4, 0.5) is 5.69 Å². The summed E-state index contributed by atoms with van der Waals surface area (Å²) in [6, 6.07) is 5.97. The Morgan fingerprint density at radius 1 is 1.17 bits per heavy atom. The van der Waals surface area contributed by atoms with E-state index in [1.807, 2.05) is 0 Å². The van der Waals surface area contributed by atoms with E-state index in [0.29, 0.717) is 24.5 Å². The first-order valence-corrected chi connectivity index (χ1v) is 8.17. The molecule has 0 saturated carbocycles. The third-order valence-corrected chi connectivity index (χ3v) is 3.58. The van der Waals surface area contributed by atoms with Gasteiger partial charge in [-0.2, -0.15) is 0 Å². The van der Waals surface area contributed by atoms with E-state index >= 15 is 0 Å². The standard InChI is InChI=1S/C17H27N3O4/c1-24-14-8-6-13(7-9-14)20-16(21)12-15(17(22)23)19-11-5-3-2-4-10-18/h6-9,15,19H,2-5,10-12,18H2,1H3,(H,20,21)(H,22,23)/t15-/m0/s1. The van der Waals surface area contributed by atoms with Crippen molar-refractivity contribution in [3.05, 3.63) is 24.3 Å². The highest BCUT2D eigenvalue weighted by atomic mass is 16.5. The predicted octanol–water partition coefficient (Wildman–Crippen LogP) is 1.59. The van der Waals surface area contributed by atoms with E-state index in [0.717, 1.165) is 25.7 Å². The van der Waals surface area contributed by atoms with Gasteiger partial charge in [0, 0.05) is 5.69 Å². The van der Waals surface area contributed by atoms with Gasteiger partial charge >= 0.3 is 5.97 Å². The highest BCUT2D eigenvalue weighted by molar-refractivity contribution is 5.94. The van der Waals surface area contributed by atoms with Crippen LogP contribution >= 0.6 is 0 Å². The Bertz CT molecular complexity index is 505. The summed E-state index contributed by atoms with van der Waals surface area (Å²) in [4.78, 5) is 23.3. The van der Waals surface area contributed by atoms with Crippen molar-refractivity contribution in [1.82, 2.24) is 5.32 Å². The van der Waals surface area contributed by atoms with E-state index in [-0.39, 0.29) is 12.3 Å². The SMILES string of the molecule is COc1ccc(NC(=O)C[C@H](NCCCCCCN)C(=O)O)cc1. The molecule has 1 aromatic carbocycles. The van der Waals surface area contributed by atoms with Crippen molar-refractivity contribution in [3.63, 3.8) is 0 Å². The number of hydrogen-bond donors (Lipinski definition) is 4. The lowest BCUT2D eigenvalue weighted by atomic mass is 10.1. The molecule has 0 aliphatic rings. The second-order valence-corrected chi connectivity index (χ2v) is 5.53. The van der Waals surface area contributed by atoms with Crippen LogP contribution in [0.15, 0.2) is 24.3 Å². The van der Waals surface area contributed by atoms with Crippen LogP contribution in [0.2, 0.25) is 0 Å². The quantitative estimate of drug-likeness (QED) is 0.431. The van der Waals surface area contributed by atoms with Crippen molar-refractivity contribution in [3.8, 4) is 5.75 Å². The normalized spacial score (nSPS) is 11.8. The number of nitrogens with one attached hydrogen (secondary N) is 2. The summed E-state index contributed by atoms with van der Waals surface area (Å²) in [5, 5.41) is 14.8. The smallest absolute Gasteiger partial charge is 0.321 e. The van der Waals surface area contributed by atoms with Crippen LogP contribution in [0.3, 0.4) is 0 Å². The van der Waals surface area contributed by atoms with Gasteiger partial charge in [0.05, 0.1) is 13.5 Å². The molecule has 134 valence electrons. The Hall–Kier alpha value is -2.12. The van der Waals surface area contributed by atoms with Crippen LogP contribution in [0, 0.1) is 0 Å². The van der Waals surface area contributed by atoms with E-state index in [9.17, 15) is 14.7 Å². The molecule has 0 bridgehead atoms. The molecular formula is C17H27N3O4. The second kappa shape index (κ2) is 11.4. The average molecular weight is 337 g/mol. The molecule has 1 amide bonds. The van der Waals surface area contributed by atoms with Gasteiger partial charge in [0.1, 0.15) is 11.8 Å². The number of carboxylic acid groups (broad SMARTS) is 1. The van der Waals surface area contributed by atoms with Gasteiger partial charge in [0.2, 0.25) is 5.91 Å². The molecule has 0 spiro atoms. The summed E-state index contributed by atoms with van der Waals surface area (Å²) in [6.45, 7) is 1.24. The maximum absolute atomic E-state index is 12.0. The first kappa shape index (κ1) is 19.9. The number of methoxy groups -OCH3 is 1.